The number of nitrogen functional groups attached to an aromatic ring is 1. The van der Waals surface area contributed by atoms with E-state index in [-0.39, 0.29) is 29.5 Å². The highest BCUT2D eigenvalue weighted by molar-refractivity contribution is 6.00. The molecule has 30 heavy (non-hydrogen) atoms. The molecule has 2 aromatic heterocycles. The van der Waals surface area contributed by atoms with Crippen molar-refractivity contribution in [1.82, 2.24) is 15.4 Å². The number of nitrogens with two attached hydrogens (primary N) is 1. The summed E-state index contributed by atoms with van der Waals surface area (Å²) in [5.41, 5.74) is 11.1. The van der Waals surface area contributed by atoms with Crippen molar-refractivity contribution in [3.63, 3.8) is 0 Å². The molecule has 1 unspecified atom stereocenters. The molecule has 0 saturated heterocycles. The van der Waals surface area contributed by atoms with E-state index in [9.17, 15) is 9.18 Å². The summed E-state index contributed by atoms with van der Waals surface area (Å²) in [5, 5.41) is 8.13. The van der Waals surface area contributed by atoms with Gasteiger partial charge in [-0.25, -0.2) is 9.37 Å². The summed E-state index contributed by atoms with van der Waals surface area (Å²) in [6, 6.07) is 5.51. The van der Waals surface area contributed by atoms with Gasteiger partial charge in [0.25, 0.3) is 0 Å². The molecule has 2 aliphatic rings. The number of fused-ring (bicyclic) bond motifs is 1. The summed E-state index contributed by atoms with van der Waals surface area (Å²) in [6.45, 7) is 1.89. The Labute approximate surface area is 172 Å². The van der Waals surface area contributed by atoms with Crippen molar-refractivity contribution in [2.24, 2.45) is 16.9 Å². The van der Waals surface area contributed by atoms with Crippen LogP contribution < -0.4 is 16.5 Å². The Hall–Kier alpha value is -3.55. The number of hydrogen-bond donors (Lipinski definition) is 3. The lowest BCUT2D eigenvalue weighted by Crippen LogP contribution is -2.25. The Morgan fingerprint density at radius 3 is 2.93 bits per heavy atom. The SMILES string of the molecule is Cc1ccncc1-c1cc2cc(NC(=O)[C@H]3C[C@@H]3C3CC=NN3)ncc2c(N)c1F. The molecule has 1 fully saturated rings. The quantitative estimate of drug-likeness (QED) is 0.579. The number of nitrogens with zero attached hydrogens (tertiary/aromatic N) is 3. The maximum atomic E-state index is 14.9. The van der Waals surface area contributed by atoms with Crippen LogP contribution in [0.4, 0.5) is 15.9 Å². The van der Waals surface area contributed by atoms with Crippen molar-refractivity contribution in [3.05, 3.63) is 48.2 Å². The number of benzene rings is 1. The molecule has 5 rings (SSSR count). The van der Waals surface area contributed by atoms with Crippen LogP contribution in [0.5, 0.6) is 0 Å². The molecule has 0 radical (unpaired) electrons. The minimum absolute atomic E-state index is 0.0331. The lowest BCUT2D eigenvalue weighted by molar-refractivity contribution is -0.117. The van der Waals surface area contributed by atoms with E-state index in [4.69, 9.17) is 5.73 Å². The molecule has 3 aromatic rings. The number of hydrazone groups is 1. The first-order valence-electron chi connectivity index (χ1n) is 9.89. The van der Waals surface area contributed by atoms with Crippen LogP contribution in [0, 0.1) is 24.6 Å². The monoisotopic (exact) mass is 404 g/mol. The average Bonchev–Trinajstić information content (AvgIpc) is 3.36. The molecule has 3 atom stereocenters. The van der Waals surface area contributed by atoms with Crippen LogP contribution in [-0.4, -0.2) is 28.1 Å². The lowest BCUT2D eigenvalue weighted by Gasteiger charge is -2.13. The van der Waals surface area contributed by atoms with E-state index in [0.29, 0.717) is 27.7 Å². The fourth-order valence-electron chi connectivity index (χ4n) is 4.13. The maximum absolute atomic E-state index is 14.9. The third-order valence-corrected chi connectivity index (χ3v) is 5.96. The molecule has 7 nitrogen and oxygen atoms in total. The lowest BCUT2D eigenvalue weighted by atomic mass is 9.98. The van der Waals surface area contributed by atoms with Gasteiger partial charge in [-0.2, -0.15) is 5.10 Å². The number of aromatic nitrogens is 2. The standard InChI is InChI=1S/C22H21FN6O/c1-11-2-4-25-9-16(11)14-6-12-7-19(26-10-17(12)21(24)20(14)23)28-22(30)15-8-13(15)18-3-5-27-29-18/h2,4-7,9-10,13,15,18,29H,3,8,24H2,1H3,(H,26,28,30)/t13-,15-,18?/m0/s1. The fourth-order valence-corrected chi connectivity index (χ4v) is 4.13. The Bertz CT molecular complexity index is 1190. The van der Waals surface area contributed by atoms with Gasteiger partial charge < -0.3 is 16.5 Å². The molecule has 0 bridgehead atoms. The molecule has 1 aliphatic carbocycles. The summed E-state index contributed by atoms with van der Waals surface area (Å²) >= 11 is 0. The molecule has 152 valence electrons. The number of aryl methyl sites for hydroxylation is 1. The molecule has 1 amide bonds. The molecule has 1 saturated carbocycles. The highest BCUT2D eigenvalue weighted by atomic mass is 19.1. The number of halogens is 1. The van der Waals surface area contributed by atoms with Crippen LogP contribution in [-0.2, 0) is 4.79 Å². The van der Waals surface area contributed by atoms with Crippen LogP contribution in [0.1, 0.15) is 18.4 Å². The summed E-state index contributed by atoms with van der Waals surface area (Å²) in [6.07, 6.45) is 8.31. The summed E-state index contributed by atoms with van der Waals surface area (Å²) in [7, 11) is 0. The van der Waals surface area contributed by atoms with Crippen molar-refractivity contribution < 1.29 is 9.18 Å². The van der Waals surface area contributed by atoms with Gasteiger partial charge in [-0.1, -0.05) is 0 Å². The highest BCUT2D eigenvalue weighted by Crippen LogP contribution is 2.43. The van der Waals surface area contributed by atoms with E-state index in [1.807, 2.05) is 19.2 Å². The molecule has 3 heterocycles. The van der Waals surface area contributed by atoms with E-state index in [2.05, 4.69) is 25.8 Å². The Kier molecular flexibility index (Phi) is 4.34. The van der Waals surface area contributed by atoms with Gasteiger partial charge in [0.2, 0.25) is 5.91 Å². The predicted molar refractivity (Wildman–Crippen MR) is 114 cm³/mol. The Morgan fingerprint density at radius 1 is 1.30 bits per heavy atom. The third-order valence-electron chi connectivity index (χ3n) is 5.96. The number of carbonyl (C=O) groups is 1. The van der Waals surface area contributed by atoms with Crippen molar-refractivity contribution >= 4 is 34.4 Å². The highest BCUT2D eigenvalue weighted by Gasteiger charge is 2.48. The Morgan fingerprint density at radius 2 is 2.17 bits per heavy atom. The second kappa shape index (κ2) is 7.05. The Balaban J connectivity index is 1.43. The van der Waals surface area contributed by atoms with Gasteiger partial charge in [-0.05, 0) is 48.4 Å². The van der Waals surface area contributed by atoms with Gasteiger partial charge in [-0.15, -0.1) is 0 Å². The number of anilines is 2. The summed E-state index contributed by atoms with van der Waals surface area (Å²) < 4.78 is 14.9. The van der Waals surface area contributed by atoms with Gasteiger partial charge in [0.15, 0.2) is 5.82 Å². The smallest absolute Gasteiger partial charge is 0.229 e. The predicted octanol–water partition coefficient (Wildman–Crippen LogP) is 3.25. The minimum Gasteiger partial charge on any atom is -0.396 e. The first kappa shape index (κ1) is 18.5. The van der Waals surface area contributed by atoms with E-state index in [0.717, 1.165) is 18.4 Å². The van der Waals surface area contributed by atoms with Gasteiger partial charge in [0.05, 0.1) is 11.7 Å². The minimum atomic E-state index is -0.496. The third kappa shape index (κ3) is 3.14. The first-order valence-corrected chi connectivity index (χ1v) is 9.89. The van der Waals surface area contributed by atoms with Gasteiger partial charge in [-0.3, -0.25) is 9.78 Å². The van der Waals surface area contributed by atoms with Crippen molar-refractivity contribution in [2.75, 3.05) is 11.1 Å². The number of nitrogens with one attached hydrogen (secondary N) is 2. The van der Waals surface area contributed by atoms with Crippen LogP contribution in [0.25, 0.3) is 21.9 Å². The molecule has 0 spiro atoms. The van der Waals surface area contributed by atoms with Crippen molar-refractivity contribution in [2.45, 2.75) is 25.8 Å². The van der Waals surface area contributed by atoms with Gasteiger partial charge in [0.1, 0.15) is 5.82 Å². The normalized spacial score (nSPS) is 22.1. The zero-order valence-electron chi connectivity index (χ0n) is 16.4. The number of hydrogen-bond acceptors (Lipinski definition) is 6. The van der Waals surface area contributed by atoms with Crippen molar-refractivity contribution in [3.8, 4) is 11.1 Å². The molecular weight excluding hydrogens is 383 g/mol. The van der Waals surface area contributed by atoms with Crippen LogP contribution in [0.3, 0.4) is 0 Å². The zero-order valence-corrected chi connectivity index (χ0v) is 16.4. The average molecular weight is 404 g/mol. The topological polar surface area (TPSA) is 105 Å². The molecule has 1 aromatic carbocycles. The van der Waals surface area contributed by atoms with E-state index in [1.165, 1.54) is 6.20 Å². The van der Waals surface area contributed by atoms with Gasteiger partial charge >= 0.3 is 0 Å². The fraction of sp³-hybridized carbons (Fsp3) is 0.273. The summed E-state index contributed by atoms with van der Waals surface area (Å²) in [5.74, 6) is 0.114. The molecule has 4 N–H and O–H groups in total. The van der Waals surface area contributed by atoms with E-state index >= 15 is 0 Å². The molecule has 1 aliphatic heterocycles. The number of carbonyl (C=O) groups excluding carboxylic acids is 1. The largest absolute Gasteiger partial charge is 0.396 e. The first-order chi connectivity index (χ1) is 14.5. The second-order valence-corrected chi connectivity index (χ2v) is 7.91. The van der Waals surface area contributed by atoms with E-state index < -0.39 is 5.82 Å². The van der Waals surface area contributed by atoms with E-state index in [1.54, 1.807) is 24.5 Å². The number of rotatable bonds is 4. The number of pyridine rings is 2. The van der Waals surface area contributed by atoms with Gasteiger partial charge in [0, 0.05) is 53.7 Å². The zero-order chi connectivity index (χ0) is 20.8. The van der Waals surface area contributed by atoms with Crippen molar-refractivity contribution in [1.29, 1.82) is 0 Å². The molecular formula is C22H21FN6O. The molecule has 8 heteroatoms. The number of amides is 1. The summed E-state index contributed by atoms with van der Waals surface area (Å²) in [4.78, 5) is 21.0. The second-order valence-electron chi connectivity index (χ2n) is 7.91. The van der Waals surface area contributed by atoms with Crippen LogP contribution in [0.2, 0.25) is 0 Å². The van der Waals surface area contributed by atoms with Crippen LogP contribution >= 0.6 is 0 Å². The van der Waals surface area contributed by atoms with Crippen LogP contribution in [0.15, 0.2) is 41.9 Å². The maximum Gasteiger partial charge on any atom is 0.229 e.